The zero-order chi connectivity index (χ0) is 11.0. The Labute approximate surface area is 92.9 Å². The first-order chi connectivity index (χ1) is 6.29. The van der Waals surface area contributed by atoms with E-state index in [0.29, 0.717) is 6.42 Å². The first-order valence-corrected chi connectivity index (χ1v) is 5.57. The van der Waals surface area contributed by atoms with Crippen molar-refractivity contribution >= 4 is 15.9 Å². The summed E-state index contributed by atoms with van der Waals surface area (Å²) in [7, 11) is 0. The predicted molar refractivity (Wildman–Crippen MR) is 58.3 cm³/mol. The smallest absolute Gasteiger partial charge is 0.111 e. The molecule has 1 saturated heterocycles. The molecule has 4 heteroatoms. The first-order valence-electron chi connectivity index (χ1n) is 4.66. The van der Waals surface area contributed by atoms with Gasteiger partial charge in [0.15, 0.2) is 0 Å². The molecule has 3 nitrogen and oxygen atoms in total. The minimum absolute atomic E-state index is 0.328. The summed E-state index contributed by atoms with van der Waals surface area (Å²) in [6.07, 6.45) is 1.31. The number of hydrogen-bond acceptors (Lipinski definition) is 3. The third-order valence-corrected chi connectivity index (χ3v) is 2.94. The van der Waals surface area contributed by atoms with Gasteiger partial charge in [-0.2, -0.15) is 0 Å². The lowest BCUT2D eigenvalue weighted by molar-refractivity contribution is -0.108. The molecule has 14 heavy (non-hydrogen) atoms. The minimum atomic E-state index is -0.918. The van der Waals surface area contributed by atoms with E-state index in [-0.39, 0.29) is 6.10 Å². The van der Waals surface area contributed by atoms with Crippen molar-refractivity contribution in [1.82, 2.24) is 0 Å². The molecule has 0 spiro atoms. The summed E-state index contributed by atoms with van der Waals surface area (Å²) < 4.78 is 5.65. The van der Waals surface area contributed by atoms with E-state index in [1.165, 1.54) is 0 Å². The summed E-state index contributed by atoms with van der Waals surface area (Å²) in [6.45, 7) is 5.18. The van der Waals surface area contributed by atoms with Gasteiger partial charge in [0.25, 0.3) is 0 Å². The normalized spacial score (nSPS) is 39.6. The van der Waals surface area contributed by atoms with Crippen molar-refractivity contribution in [3.8, 4) is 0 Å². The molecule has 0 amide bonds. The summed E-state index contributed by atoms with van der Waals surface area (Å²) in [6, 6.07) is 0. The Morgan fingerprint density at radius 2 is 2.14 bits per heavy atom. The van der Waals surface area contributed by atoms with Crippen molar-refractivity contribution in [2.24, 2.45) is 0 Å². The fraction of sp³-hybridized carbons (Fsp3) is 0.800. The summed E-state index contributed by atoms with van der Waals surface area (Å²) in [5, 5.41) is 19.6. The van der Waals surface area contributed by atoms with E-state index in [4.69, 9.17) is 4.74 Å². The maximum absolute atomic E-state index is 9.80. The molecule has 2 N–H and O–H groups in total. The van der Waals surface area contributed by atoms with Crippen LogP contribution in [-0.4, -0.2) is 33.6 Å². The molecule has 3 unspecified atom stereocenters. The van der Waals surface area contributed by atoms with Crippen LogP contribution in [0.2, 0.25) is 0 Å². The number of rotatable bonds is 2. The molecule has 0 bridgehead atoms. The van der Waals surface area contributed by atoms with Crippen molar-refractivity contribution in [2.45, 2.75) is 50.6 Å². The van der Waals surface area contributed by atoms with Crippen molar-refractivity contribution in [1.29, 1.82) is 0 Å². The lowest BCUT2D eigenvalue weighted by atomic mass is 9.94. The van der Waals surface area contributed by atoms with Gasteiger partial charge in [0, 0.05) is 6.42 Å². The Kier molecular flexibility index (Phi) is 3.41. The van der Waals surface area contributed by atoms with Gasteiger partial charge in [0.05, 0.1) is 17.8 Å². The van der Waals surface area contributed by atoms with Gasteiger partial charge in [0.1, 0.15) is 5.60 Å². The molecule has 1 fully saturated rings. The molecule has 0 aromatic rings. The van der Waals surface area contributed by atoms with Crippen LogP contribution in [0.15, 0.2) is 11.1 Å². The van der Waals surface area contributed by atoms with Crippen LogP contribution in [0.5, 0.6) is 0 Å². The third kappa shape index (κ3) is 2.37. The van der Waals surface area contributed by atoms with E-state index >= 15 is 0 Å². The van der Waals surface area contributed by atoms with Gasteiger partial charge in [0.2, 0.25) is 0 Å². The minimum Gasteiger partial charge on any atom is -0.390 e. The van der Waals surface area contributed by atoms with Crippen LogP contribution in [0.1, 0.15) is 27.2 Å². The van der Waals surface area contributed by atoms with Crippen LogP contribution in [-0.2, 0) is 4.74 Å². The SMILES string of the molecule is CC(C)(O)C1CC(O)C(C)(C=CBr)O1. The highest BCUT2D eigenvalue weighted by Gasteiger charge is 2.47. The number of halogens is 1. The van der Waals surface area contributed by atoms with Gasteiger partial charge in [-0.05, 0) is 31.8 Å². The van der Waals surface area contributed by atoms with Crippen molar-refractivity contribution < 1.29 is 14.9 Å². The first kappa shape index (κ1) is 12.2. The molecular weight excluding hydrogens is 248 g/mol. The average Bonchev–Trinajstić information content (AvgIpc) is 2.28. The highest BCUT2D eigenvalue weighted by atomic mass is 79.9. The number of hydrogen-bond donors (Lipinski definition) is 2. The van der Waals surface area contributed by atoms with Crippen LogP contribution in [0.3, 0.4) is 0 Å². The summed E-state index contributed by atoms with van der Waals surface area (Å²) in [4.78, 5) is 1.67. The Hall–Kier alpha value is 0.1000. The lowest BCUT2D eigenvalue weighted by Crippen LogP contribution is -2.38. The van der Waals surface area contributed by atoms with E-state index < -0.39 is 17.3 Å². The number of aliphatic hydroxyl groups excluding tert-OH is 1. The highest BCUT2D eigenvalue weighted by molar-refractivity contribution is 9.11. The van der Waals surface area contributed by atoms with Gasteiger partial charge >= 0.3 is 0 Å². The van der Waals surface area contributed by atoms with E-state index in [1.54, 1.807) is 31.8 Å². The van der Waals surface area contributed by atoms with Crippen LogP contribution in [0.25, 0.3) is 0 Å². The monoisotopic (exact) mass is 264 g/mol. The van der Waals surface area contributed by atoms with Crippen molar-refractivity contribution in [3.63, 3.8) is 0 Å². The largest absolute Gasteiger partial charge is 0.390 e. The quantitative estimate of drug-likeness (QED) is 0.796. The third-order valence-electron chi connectivity index (χ3n) is 2.68. The van der Waals surface area contributed by atoms with Crippen LogP contribution in [0, 0.1) is 0 Å². The van der Waals surface area contributed by atoms with E-state index in [1.807, 2.05) is 0 Å². The Morgan fingerprint density at radius 3 is 2.50 bits per heavy atom. The van der Waals surface area contributed by atoms with Gasteiger partial charge in [-0.15, -0.1) is 0 Å². The molecule has 1 aliphatic rings. The molecule has 82 valence electrons. The molecule has 1 rings (SSSR count). The molecule has 0 saturated carbocycles. The second-order valence-corrected chi connectivity index (χ2v) is 5.02. The van der Waals surface area contributed by atoms with E-state index in [0.717, 1.165) is 0 Å². The summed E-state index contributed by atoms with van der Waals surface area (Å²) in [5.41, 5.74) is -1.62. The average molecular weight is 265 g/mol. The molecular formula is C10H17BrO3. The van der Waals surface area contributed by atoms with Gasteiger partial charge in [-0.1, -0.05) is 15.9 Å². The molecule has 0 aliphatic carbocycles. The maximum Gasteiger partial charge on any atom is 0.111 e. The van der Waals surface area contributed by atoms with Gasteiger partial charge in [-0.3, -0.25) is 0 Å². The zero-order valence-corrected chi connectivity index (χ0v) is 10.3. The maximum atomic E-state index is 9.80. The molecule has 1 heterocycles. The summed E-state index contributed by atoms with van der Waals surface area (Å²) >= 11 is 3.16. The van der Waals surface area contributed by atoms with Crippen molar-refractivity contribution in [3.05, 3.63) is 11.1 Å². The van der Waals surface area contributed by atoms with Gasteiger partial charge < -0.3 is 14.9 Å². The standard InChI is InChI=1S/C10H17BrO3/c1-9(2,13)8-6-7(12)10(3,14-8)4-5-11/h4-5,7-8,12-13H,6H2,1-3H3. The van der Waals surface area contributed by atoms with Crippen LogP contribution < -0.4 is 0 Å². The molecule has 0 aromatic carbocycles. The fourth-order valence-electron chi connectivity index (χ4n) is 1.58. The topological polar surface area (TPSA) is 49.7 Å². The Bertz CT molecular complexity index is 234. The van der Waals surface area contributed by atoms with Crippen molar-refractivity contribution in [2.75, 3.05) is 0 Å². The second-order valence-electron chi connectivity index (χ2n) is 4.49. The van der Waals surface area contributed by atoms with Crippen LogP contribution >= 0.6 is 15.9 Å². The Morgan fingerprint density at radius 1 is 1.57 bits per heavy atom. The van der Waals surface area contributed by atoms with E-state index in [2.05, 4.69) is 15.9 Å². The number of aliphatic hydroxyl groups is 2. The molecule has 1 aliphatic heterocycles. The summed E-state index contributed by atoms with van der Waals surface area (Å²) in [5.74, 6) is 0. The second kappa shape index (κ2) is 3.93. The van der Waals surface area contributed by atoms with Crippen LogP contribution in [0.4, 0.5) is 0 Å². The molecule has 3 atom stereocenters. The lowest BCUT2D eigenvalue weighted by Gasteiger charge is -2.28. The molecule has 0 aromatic heterocycles. The fourth-order valence-corrected chi connectivity index (χ4v) is 2.10. The Balaban J connectivity index is 2.78. The zero-order valence-electron chi connectivity index (χ0n) is 8.70. The highest BCUT2D eigenvalue weighted by Crippen LogP contribution is 2.36. The van der Waals surface area contributed by atoms with E-state index in [9.17, 15) is 10.2 Å². The number of ether oxygens (including phenoxy) is 1. The predicted octanol–water partition coefficient (Wildman–Crippen LogP) is 1.57. The van der Waals surface area contributed by atoms with Gasteiger partial charge in [-0.25, -0.2) is 0 Å². The molecule has 0 radical (unpaired) electrons.